The second kappa shape index (κ2) is 8.82. The van der Waals surface area contributed by atoms with Gasteiger partial charge >= 0.3 is 0 Å². The highest BCUT2D eigenvalue weighted by atomic mass is 16.2. The number of benzene rings is 2. The van der Waals surface area contributed by atoms with E-state index in [2.05, 4.69) is 0 Å². The highest BCUT2D eigenvalue weighted by Gasteiger charge is 2.28. The van der Waals surface area contributed by atoms with Crippen LogP contribution in [-0.2, 0) is 11.2 Å². The Balaban J connectivity index is 1.72. The van der Waals surface area contributed by atoms with Gasteiger partial charge in [-0.25, -0.2) is 0 Å². The zero-order valence-corrected chi connectivity index (χ0v) is 14.7. The second-order valence-electron chi connectivity index (χ2n) is 6.30. The molecule has 3 heteroatoms. The zero-order valence-electron chi connectivity index (χ0n) is 18.7. The van der Waals surface area contributed by atoms with E-state index in [4.69, 9.17) is 5.48 Å². The van der Waals surface area contributed by atoms with Gasteiger partial charge in [-0.1, -0.05) is 55.5 Å². The number of anilines is 1. The van der Waals surface area contributed by atoms with Crippen LogP contribution in [0.1, 0.15) is 37.2 Å². The van der Waals surface area contributed by atoms with Crippen LogP contribution in [0.25, 0.3) is 0 Å². The molecule has 0 radical (unpaired) electrons. The first kappa shape index (κ1) is 13.1. The summed E-state index contributed by atoms with van der Waals surface area (Å²) in [5, 5.41) is 0. The third kappa shape index (κ3) is 4.70. The van der Waals surface area contributed by atoms with Crippen molar-refractivity contribution in [3.05, 3.63) is 66.2 Å². The van der Waals surface area contributed by atoms with Gasteiger partial charge in [-0.3, -0.25) is 4.79 Å². The van der Waals surface area contributed by atoms with Crippen molar-refractivity contribution in [2.45, 2.75) is 38.6 Å². The summed E-state index contributed by atoms with van der Waals surface area (Å²) in [6, 6.07) is 18.7. The molecule has 1 heterocycles. The predicted molar refractivity (Wildman–Crippen MR) is 104 cm³/mol. The van der Waals surface area contributed by atoms with Gasteiger partial charge in [0.1, 0.15) is 0 Å². The quantitative estimate of drug-likeness (QED) is 0.789. The number of para-hydroxylation sites is 1. The maximum Gasteiger partial charge on any atom is 0.226 e. The molecule has 0 bridgehead atoms. The van der Waals surface area contributed by atoms with Crippen molar-refractivity contribution in [3.63, 3.8) is 0 Å². The minimum absolute atomic E-state index is 0.149. The van der Waals surface area contributed by atoms with Crippen LogP contribution in [0.15, 0.2) is 60.7 Å². The first-order valence-corrected chi connectivity index (χ1v) is 8.86. The lowest BCUT2D eigenvalue weighted by molar-refractivity contribution is -0.119. The first-order chi connectivity index (χ1) is 13.7. The Kier molecular flexibility index (Phi) is 4.63. The minimum atomic E-state index is -1.96. The van der Waals surface area contributed by atoms with Gasteiger partial charge in [-0.15, -0.1) is 0 Å². The number of piperidine rings is 1. The molecule has 1 saturated heterocycles. The summed E-state index contributed by atoms with van der Waals surface area (Å²) in [5.74, 6) is -0.547. The zero-order chi connectivity index (χ0) is 21.1. The van der Waals surface area contributed by atoms with Gasteiger partial charge in [-0.05, 0) is 37.0 Å². The summed E-state index contributed by atoms with van der Waals surface area (Å²) in [6.45, 7) is 0.869. The molecule has 3 nitrogen and oxygen atoms in total. The SMILES string of the molecule is [2H]C([2H])(C)C(=O)N(c1ccccc1)C1CCN(C([2H])([2H])Cc2ccccc2)CC1. The van der Waals surface area contributed by atoms with E-state index in [1.54, 1.807) is 4.90 Å². The van der Waals surface area contributed by atoms with Crippen LogP contribution in [0.4, 0.5) is 5.69 Å². The number of likely N-dealkylation sites (tertiary alicyclic amines) is 1. The van der Waals surface area contributed by atoms with Crippen LogP contribution in [-0.4, -0.2) is 36.4 Å². The number of hydrogen-bond acceptors (Lipinski definition) is 2. The molecule has 1 aliphatic rings. The fraction of sp³-hybridized carbons (Fsp3) is 0.409. The molecule has 1 amide bonds. The van der Waals surface area contributed by atoms with E-state index in [9.17, 15) is 4.79 Å². The van der Waals surface area contributed by atoms with Crippen molar-refractivity contribution in [1.82, 2.24) is 4.90 Å². The smallest absolute Gasteiger partial charge is 0.226 e. The molecule has 0 N–H and O–H groups in total. The molecule has 1 fully saturated rings. The molecular weight excluding hydrogens is 308 g/mol. The first-order valence-electron chi connectivity index (χ1n) is 10.9. The molecular formula is C22H28N2O. The summed E-state index contributed by atoms with van der Waals surface area (Å²) in [7, 11) is 0. The van der Waals surface area contributed by atoms with E-state index in [1.807, 2.05) is 65.6 Å². The standard InChI is InChI=1S/C22H28N2O/c1-2-22(25)24(20-11-7-4-8-12-20)21-14-17-23(18-15-21)16-13-19-9-5-3-6-10-19/h3-12,21H,2,13-18H2,1H3/i2D2,16D2. The Hall–Kier alpha value is -2.13. The summed E-state index contributed by atoms with van der Waals surface area (Å²) in [5.41, 5.74) is 1.65. The molecule has 0 spiro atoms. The van der Waals surface area contributed by atoms with Crippen LogP contribution in [0.5, 0.6) is 0 Å². The maximum atomic E-state index is 12.8. The minimum Gasteiger partial charge on any atom is -0.309 e. The number of nitrogens with zero attached hydrogens (tertiary/aromatic N) is 2. The van der Waals surface area contributed by atoms with Crippen LogP contribution >= 0.6 is 0 Å². The van der Waals surface area contributed by atoms with Crippen LogP contribution < -0.4 is 4.90 Å². The highest BCUT2D eigenvalue weighted by Crippen LogP contribution is 2.24. The fourth-order valence-electron chi connectivity index (χ4n) is 3.28. The molecule has 0 aromatic heterocycles. The van der Waals surface area contributed by atoms with Gasteiger partial charge in [0.2, 0.25) is 5.91 Å². The highest BCUT2D eigenvalue weighted by molar-refractivity contribution is 5.93. The Morgan fingerprint density at radius 1 is 1.08 bits per heavy atom. The van der Waals surface area contributed by atoms with E-state index in [0.29, 0.717) is 38.0 Å². The summed E-state index contributed by atoms with van der Waals surface area (Å²) in [4.78, 5) is 16.3. The summed E-state index contributed by atoms with van der Waals surface area (Å²) < 4.78 is 32.9. The number of carbonyl (C=O) groups is 1. The van der Waals surface area contributed by atoms with Crippen molar-refractivity contribution >= 4 is 11.6 Å². The molecule has 2 aromatic rings. The van der Waals surface area contributed by atoms with Gasteiger partial charge in [0.05, 0.1) is 0 Å². The predicted octanol–water partition coefficient (Wildman–Crippen LogP) is 4.14. The lowest BCUT2D eigenvalue weighted by Crippen LogP contribution is -2.47. The van der Waals surface area contributed by atoms with Crippen molar-refractivity contribution < 1.29 is 10.3 Å². The van der Waals surface area contributed by atoms with Crippen LogP contribution in [0.3, 0.4) is 0 Å². The van der Waals surface area contributed by atoms with E-state index in [1.165, 1.54) is 6.92 Å². The molecule has 2 aromatic carbocycles. The molecule has 0 unspecified atom stereocenters. The number of hydrogen-bond donors (Lipinski definition) is 0. The largest absolute Gasteiger partial charge is 0.309 e. The third-order valence-corrected chi connectivity index (χ3v) is 4.65. The lowest BCUT2D eigenvalue weighted by atomic mass is 10.0. The average Bonchev–Trinajstić information content (AvgIpc) is 2.69. The van der Waals surface area contributed by atoms with Gasteiger partial charge in [0.25, 0.3) is 0 Å². The van der Waals surface area contributed by atoms with Crippen molar-refractivity contribution in [2.24, 2.45) is 0 Å². The second-order valence-corrected chi connectivity index (χ2v) is 6.30. The topological polar surface area (TPSA) is 23.6 Å². The molecule has 3 rings (SSSR count). The molecule has 132 valence electrons. The summed E-state index contributed by atoms with van der Waals surface area (Å²) in [6.07, 6.45) is -0.442. The Bertz CT molecular complexity index is 801. The van der Waals surface area contributed by atoms with Crippen molar-refractivity contribution in [1.29, 1.82) is 0 Å². The molecule has 1 aliphatic heterocycles. The molecule has 0 saturated carbocycles. The average molecular weight is 341 g/mol. The van der Waals surface area contributed by atoms with Crippen LogP contribution in [0.2, 0.25) is 0 Å². The van der Waals surface area contributed by atoms with E-state index in [-0.39, 0.29) is 6.04 Å². The molecule has 0 aliphatic carbocycles. The van der Waals surface area contributed by atoms with Crippen LogP contribution in [0, 0.1) is 0 Å². The van der Waals surface area contributed by atoms with Gasteiger partial charge in [0, 0.05) is 43.2 Å². The molecule has 0 atom stereocenters. The summed E-state index contributed by atoms with van der Waals surface area (Å²) >= 11 is 0. The normalized spacial score (nSPS) is 19.4. The number of amides is 1. The van der Waals surface area contributed by atoms with E-state index in [0.717, 1.165) is 5.56 Å². The number of carbonyl (C=O) groups excluding carboxylic acids is 1. The lowest BCUT2D eigenvalue weighted by Gasteiger charge is -2.38. The monoisotopic (exact) mass is 340 g/mol. The van der Waals surface area contributed by atoms with Gasteiger partial charge in [-0.2, -0.15) is 0 Å². The van der Waals surface area contributed by atoms with Crippen molar-refractivity contribution in [3.8, 4) is 0 Å². The Morgan fingerprint density at radius 2 is 1.68 bits per heavy atom. The molecule has 25 heavy (non-hydrogen) atoms. The fourth-order valence-corrected chi connectivity index (χ4v) is 3.28. The Labute approximate surface area is 156 Å². The third-order valence-electron chi connectivity index (χ3n) is 4.65. The van der Waals surface area contributed by atoms with Gasteiger partial charge < -0.3 is 9.80 Å². The number of aryl methyl sites for hydroxylation is 1. The van der Waals surface area contributed by atoms with Crippen molar-refractivity contribution in [2.75, 3.05) is 24.5 Å². The van der Waals surface area contributed by atoms with Gasteiger partial charge in [0.15, 0.2) is 0 Å². The Morgan fingerprint density at radius 3 is 2.28 bits per heavy atom. The number of rotatable bonds is 6. The maximum absolute atomic E-state index is 12.8. The van der Waals surface area contributed by atoms with E-state index < -0.39 is 18.8 Å². The van der Waals surface area contributed by atoms with E-state index >= 15 is 0 Å².